The van der Waals surface area contributed by atoms with Crippen molar-refractivity contribution in [3.8, 4) is 0 Å². The van der Waals surface area contributed by atoms with Gasteiger partial charge in [-0.2, -0.15) is 8.78 Å². The number of rotatable bonds is 5. The average molecular weight is 245 g/mol. The van der Waals surface area contributed by atoms with Crippen molar-refractivity contribution in [2.45, 2.75) is 33.4 Å². The van der Waals surface area contributed by atoms with Gasteiger partial charge in [0, 0.05) is 25.9 Å². The molecule has 6 heteroatoms. The van der Waals surface area contributed by atoms with Crippen LogP contribution in [0.3, 0.4) is 0 Å². The molecule has 0 N–H and O–H groups in total. The highest BCUT2D eigenvalue weighted by Crippen LogP contribution is 2.14. The van der Waals surface area contributed by atoms with Crippen LogP contribution >= 0.6 is 0 Å². The van der Waals surface area contributed by atoms with Gasteiger partial charge in [0.2, 0.25) is 5.91 Å². The van der Waals surface area contributed by atoms with E-state index >= 15 is 0 Å². The number of carbonyl (C=O) groups excluding carboxylic acids is 1. The lowest BCUT2D eigenvalue weighted by atomic mass is 10.1. The second-order valence-electron chi connectivity index (χ2n) is 4.38. The van der Waals surface area contributed by atoms with Crippen molar-refractivity contribution >= 4 is 5.91 Å². The van der Waals surface area contributed by atoms with Crippen molar-refractivity contribution in [2.75, 3.05) is 7.05 Å². The van der Waals surface area contributed by atoms with Crippen LogP contribution in [0.1, 0.15) is 32.6 Å². The third-order valence-corrected chi connectivity index (χ3v) is 2.35. The highest BCUT2D eigenvalue weighted by Gasteiger charge is 2.16. The monoisotopic (exact) mass is 245 g/mol. The summed E-state index contributed by atoms with van der Waals surface area (Å²) in [4.78, 5) is 16.9. The number of halogens is 2. The number of hydrogen-bond donors (Lipinski definition) is 0. The van der Waals surface area contributed by atoms with Crippen molar-refractivity contribution in [2.24, 2.45) is 5.92 Å². The van der Waals surface area contributed by atoms with Crippen LogP contribution in [0.15, 0.2) is 12.4 Å². The van der Waals surface area contributed by atoms with Crippen LogP contribution in [0, 0.1) is 5.92 Å². The number of hydrogen-bond acceptors (Lipinski definition) is 2. The fourth-order valence-corrected chi connectivity index (χ4v) is 1.45. The zero-order chi connectivity index (χ0) is 13.0. The largest absolute Gasteiger partial charge is 0.338 e. The number of nitrogens with zero attached hydrogens (tertiary/aromatic N) is 3. The van der Waals surface area contributed by atoms with Crippen LogP contribution in [-0.4, -0.2) is 27.4 Å². The van der Waals surface area contributed by atoms with Gasteiger partial charge >= 0.3 is 6.55 Å². The molecule has 1 amide bonds. The number of amides is 1. The first-order valence-corrected chi connectivity index (χ1v) is 5.45. The molecule has 0 radical (unpaired) electrons. The van der Waals surface area contributed by atoms with Gasteiger partial charge in [0.1, 0.15) is 5.82 Å². The zero-order valence-corrected chi connectivity index (χ0v) is 10.2. The summed E-state index contributed by atoms with van der Waals surface area (Å²) in [5.41, 5.74) is 0. The van der Waals surface area contributed by atoms with Gasteiger partial charge in [-0.15, -0.1) is 0 Å². The van der Waals surface area contributed by atoms with E-state index in [9.17, 15) is 13.6 Å². The molecular weight excluding hydrogens is 228 g/mol. The van der Waals surface area contributed by atoms with Gasteiger partial charge in [-0.3, -0.25) is 9.36 Å². The fourth-order valence-electron chi connectivity index (χ4n) is 1.45. The molecule has 0 spiro atoms. The van der Waals surface area contributed by atoms with Gasteiger partial charge in [0.15, 0.2) is 0 Å². The summed E-state index contributed by atoms with van der Waals surface area (Å²) in [5, 5.41) is 0. The molecule has 0 aliphatic carbocycles. The molecule has 0 fully saturated rings. The van der Waals surface area contributed by atoms with Crippen molar-refractivity contribution in [1.82, 2.24) is 14.5 Å². The summed E-state index contributed by atoms with van der Waals surface area (Å²) in [6.45, 7) is 1.35. The Balaban J connectivity index is 2.64. The van der Waals surface area contributed by atoms with Gasteiger partial charge in [-0.25, -0.2) is 4.98 Å². The molecule has 0 atom stereocenters. The van der Waals surface area contributed by atoms with Gasteiger partial charge in [0.05, 0.1) is 6.54 Å². The summed E-state index contributed by atoms with van der Waals surface area (Å²) < 4.78 is 25.8. The fraction of sp³-hybridized carbons (Fsp3) is 0.636. The Morgan fingerprint density at radius 3 is 2.71 bits per heavy atom. The van der Waals surface area contributed by atoms with E-state index < -0.39 is 6.55 Å². The first-order chi connectivity index (χ1) is 7.91. The quantitative estimate of drug-likeness (QED) is 0.798. The van der Waals surface area contributed by atoms with Gasteiger partial charge in [-0.1, -0.05) is 13.8 Å². The second kappa shape index (κ2) is 5.75. The van der Waals surface area contributed by atoms with E-state index in [1.54, 1.807) is 7.05 Å². The molecular formula is C11H17F2N3O. The SMILES string of the molecule is CC(C)CC(=O)N(C)Cc1nccn1C(F)F. The molecule has 96 valence electrons. The van der Waals surface area contributed by atoms with E-state index in [-0.39, 0.29) is 24.2 Å². The van der Waals surface area contributed by atoms with E-state index in [0.29, 0.717) is 6.42 Å². The van der Waals surface area contributed by atoms with E-state index in [1.165, 1.54) is 17.3 Å². The number of carbonyl (C=O) groups is 1. The van der Waals surface area contributed by atoms with Crippen molar-refractivity contribution in [3.05, 3.63) is 18.2 Å². The zero-order valence-electron chi connectivity index (χ0n) is 10.2. The maximum absolute atomic E-state index is 12.5. The lowest BCUT2D eigenvalue weighted by Crippen LogP contribution is -2.28. The van der Waals surface area contributed by atoms with Crippen LogP contribution in [0.5, 0.6) is 0 Å². The summed E-state index contributed by atoms with van der Waals surface area (Å²) >= 11 is 0. The molecule has 1 aromatic rings. The molecule has 1 heterocycles. The minimum absolute atomic E-state index is 0.0659. The maximum Gasteiger partial charge on any atom is 0.319 e. The lowest BCUT2D eigenvalue weighted by Gasteiger charge is -2.18. The smallest absolute Gasteiger partial charge is 0.319 e. The van der Waals surface area contributed by atoms with Crippen LogP contribution in [0.2, 0.25) is 0 Å². The molecule has 17 heavy (non-hydrogen) atoms. The minimum atomic E-state index is -2.62. The van der Waals surface area contributed by atoms with E-state index in [4.69, 9.17) is 0 Å². The van der Waals surface area contributed by atoms with Gasteiger partial charge < -0.3 is 4.90 Å². The highest BCUT2D eigenvalue weighted by atomic mass is 19.3. The van der Waals surface area contributed by atoms with E-state index in [2.05, 4.69) is 4.98 Å². The third kappa shape index (κ3) is 3.80. The molecule has 0 aliphatic rings. The Bertz CT molecular complexity index is 377. The molecule has 4 nitrogen and oxygen atoms in total. The first-order valence-electron chi connectivity index (χ1n) is 5.45. The predicted molar refractivity (Wildman–Crippen MR) is 59.4 cm³/mol. The molecule has 0 saturated carbocycles. The molecule has 1 aromatic heterocycles. The topological polar surface area (TPSA) is 38.1 Å². The Labute approximate surface area is 99.2 Å². The normalized spacial score (nSPS) is 11.2. The van der Waals surface area contributed by atoms with Crippen LogP contribution in [-0.2, 0) is 11.3 Å². The molecule has 0 bridgehead atoms. The summed E-state index contributed by atoms with van der Waals surface area (Å²) in [6.07, 6.45) is 2.93. The molecule has 0 aromatic carbocycles. The lowest BCUT2D eigenvalue weighted by molar-refractivity contribution is -0.131. The Morgan fingerprint density at radius 2 is 2.18 bits per heavy atom. The van der Waals surface area contributed by atoms with Crippen molar-refractivity contribution in [1.29, 1.82) is 0 Å². The number of aromatic nitrogens is 2. The second-order valence-corrected chi connectivity index (χ2v) is 4.38. The Morgan fingerprint density at radius 1 is 1.53 bits per heavy atom. The Hall–Kier alpha value is -1.46. The van der Waals surface area contributed by atoms with Gasteiger partial charge in [0.25, 0.3) is 0 Å². The standard InChI is InChI=1S/C11H17F2N3O/c1-8(2)6-10(17)15(3)7-9-14-4-5-16(9)11(12)13/h4-5,8,11H,6-7H2,1-3H3. The van der Waals surface area contributed by atoms with E-state index in [0.717, 1.165) is 4.57 Å². The average Bonchev–Trinajstić information content (AvgIpc) is 2.64. The third-order valence-electron chi connectivity index (χ3n) is 2.35. The first kappa shape index (κ1) is 13.6. The van der Waals surface area contributed by atoms with Crippen LogP contribution in [0.4, 0.5) is 8.78 Å². The summed E-state index contributed by atoms with van der Waals surface area (Å²) in [5.74, 6) is 0.378. The van der Waals surface area contributed by atoms with Crippen LogP contribution in [0.25, 0.3) is 0 Å². The van der Waals surface area contributed by atoms with E-state index in [1.807, 2.05) is 13.8 Å². The molecule has 0 unspecified atom stereocenters. The van der Waals surface area contributed by atoms with Crippen molar-refractivity contribution < 1.29 is 13.6 Å². The highest BCUT2D eigenvalue weighted by molar-refractivity contribution is 5.75. The number of imidazole rings is 1. The molecule has 1 rings (SSSR count). The molecule has 0 saturated heterocycles. The predicted octanol–water partition coefficient (Wildman–Crippen LogP) is 2.28. The van der Waals surface area contributed by atoms with Crippen molar-refractivity contribution in [3.63, 3.8) is 0 Å². The summed E-state index contributed by atoms with van der Waals surface area (Å²) in [7, 11) is 1.59. The Kier molecular flexibility index (Phi) is 4.60. The van der Waals surface area contributed by atoms with Gasteiger partial charge in [-0.05, 0) is 5.92 Å². The number of alkyl halides is 2. The maximum atomic E-state index is 12.5. The van der Waals surface area contributed by atoms with Crippen LogP contribution < -0.4 is 0 Å². The minimum Gasteiger partial charge on any atom is -0.338 e. The molecule has 0 aliphatic heterocycles. The summed E-state index contributed by atoms with van der Waals surface area (Å²) in [6, 6.07) is 0.